The Balaban J connectivity index is 1.67. The first-order chi connectivity index (χ1) is 12.2. The zero-order chi connectivity index (χ0) is 17.6. The highest BCUT2D eigenvalue weighted by atomic mass is 16.5. The molecule has 1 aliphatic rings. The molecular weight excluding hydrogens is 314 g/mol. The van der Waals surface area contributed by atoms with Gasteiger partial charge in [0.25, 0.3) is 0 Å². The van der Waals surface area contributed by atoms with Crippen molar-refractivity contribution in [3.8, 4) is 0 Å². The summed E-state index contributed by atoms with van der Waals surface area (Å²) in [6.45, 7) is 9.48. The lowest BCUT2D eigenvalue weighted by Gasteiger charge is -2.38. The molecule has 0 saturated carbocycles. The highest BCUT2D eigenvalue weighted by molar-refractivity contribution is 5.80. The Morgan fingerprint density at radius 3 is 2.80 bits per heavy atom. The normalized spacial score (nSPS) is 21.4. The summed E-state index contributed by atoms with van der Waals surface area (Å²) in [5.74, 6) is 3.31. The van der Waals surface area contributed by atoms with Gasteiger partial charge in [-0.05, 0) is 37.7 Å². The summed E-state index contributed by atoms with van der Waals surface area (Å²) in [6, 6.07) is 10.8. The second-order valence-corrected chi connectivity index (χ2v) is 6.63. The third-order valence-corrected chi connectivity index (χ3v) is 4.70. The first kappa shape index (κ1) is 17.5. The van der Waals surface area contributed by atoms with Crippen molar-refractivity contribution in [3.05, 3.63) is 47.6 Å². The first-order valence-electron chi connectivity index (χ1n) is 9.04. The lowest BCUT2D eigenvalue weighted by molar-refractivity contribution is 0.234. The molecular formula is C19H27N5O. The number of aliphatic imine (C=N–C) groups is 1. The molecule has 3 rings (SSSR count). The van der Waals surface area contributed by atoms with Gasteiger partial charge < -0.3 is 14.7 Å². The molecule has 6 nitrogen and oxygen atoms in total. The smallest absolute Gasteiger partial charge is 0.248 e. The third kappa shape index (κ3) is 4.38. The fraction of sp³-hybridized carbons (Fsp3) is 0.526. The van der Waals surface area contributed by atoms with Crippen LogP contribution in [0.5, 0.6) is 0 Å². The van der Waals surface area contributed by atoms with Crippen molar-refractivity contribution in [1.29, 1.82) is 0 Å². The second kappa shape index (κ2) is 8.14. The summed E-state index contributed by atoms with van der Waals surface area (Å²) < 4.78 is 5.16. The second-order valence-electron chi connectivity index (χ2n) is 6.63. The minimum absolute atomic E-state index is 0.413. The van der Waals surface area contributed by atoms with E-state index in [1.54, 1.807) is 0 Å². The van der Waals surface area contributed by atoms with Gasteiger partial charge in [0.05, 0.1) is 0 Å². The van der Waals surface area contributed by atoms with E-state index >= 15 is 0 Å². The van der Waals surface area contributed by atoms with Crippen molar-refractivity contribution in [3.63, 3.8) is 0 Å². The minimum atomic E-state index is 0.413. The van der Waals surface area contributed by atoms with Gasteiger partial charge >= 0.3 is 0 Å². The van der Waals surface area contributed by atoms with Crippen molar-refractivity contribution in [2.45, 2.75) is 39.7 Å². The maximum absolute atomic E-state index is 5.16. The summed E-state index contributed by atoms with van der Waals surface area (Å²) in [5, 5.41) is 7.21. The average Bonchev–Trinajstić information content (AvgIpc) is 3.04. The molecule has 2 unspecified atom stereocenters. The van der Waals surface area contributed by atoms with Gasteiger partial charge in [-0.25, -0.2) is 4.99 Å². The molecule has 0 radical (unpaired) electrons. The Labute approximate surface area is 149 Å². The Morgan fingerprint density at radius 2 is 2.16 bits per heavy atom. The van der Waals surface area contributed by atoms with Crippen molar-refractivity contribution < 1.29 is 4.52 Å². The van der Waals surface area contributed by atoms with Gasteiger partial charge in [0.2, 0.25) is 5.89 Å². The van der Waals surface area contributed by atoms with Crippen LogP contribution in [-0.4, -0.2) is 40.6 Å². The van der Waals surface area contributed by atoms with E-state index in [1.807, 2.05) is 6.92 Å². The lowest BCUT2D eigenvalue weighted by atomic mass is 9.82. The molecule has 1 aromatic carbocycles. The summed E-state index contributed by atoms with van der Waals surface area (Å²) >= 11 is 0. The Hall–Kier alpha value is -2.37. The highest BCUT2D eigenvalue weighted by Crippen LogP contribution is 2.32. The van der Waals surface area contributed by atoms with Gasteiger partial charge in [-0.3, -0.25) is 0 Å². The number of benzene rings is 1. The molecule has 2 aromatic rings. The van der Waals surface area contributed by atoms with Crippen molar-refractivity contribution in [2.24, 2.45) is 10.9 Å². The lowest BCUT2D eigenvalue weighted by Crippen LogP contribution is -2.48. The van der Waals surface area contributed by atoms with Crippen LogP contribution in [0.4, 0.5) is 0 Å². The number of hydrogen-bond acceptors (Lipinski definition) is 4. The standard InChI is InChI=1S/C19H27N5O/c1-4-20-19(21-12-18-22-15(3)23-25-18)24-11-10-17(14(2)13-24)16-8-6-5-7-9-16/h5-9,14,17H,4,10-13H2,1-3H3,(H,20,21). The fourth-order valence-electron chi connectivity index (χ4n) is 3.51. The zero-order valence-corrected chi connectivity index (χ0v) is 15.3. The number of nitrogens with zero attached hydrogens (tertiary/aromatic N) is 4. The van der Waals surface area contributed by atoms with Crippen LogP contribution in [0.1, 0.15) is 43.5 Å². The summed E-state index contributed by atoms with van der Waals surface area (Å²) in [4.78, 5) is 11.3. The fourth-order valence-corrected chi connectivity index (χ4v) is 3.51. The molecule has 2 heterocycles. The van der Waals surface area contributed by atoms with E-state index in [0.29, 0.717) is 30.1 Å². The summed E-state index contributed by atoms with van der Waals surface area (Å²) in [6.07, 6.45) is 1.13. The number of nitrogens with one attached hydrogen (secondary N) is 1. The number of aromatic nitrogens is 2. The maximum atomic E-state index is 5.16. The molecule has 0 spiro atoms. The number of piperidine rings is 1. The van der Waals surface area contributed by atoms with Gasteiger partial charge in [0.1, 0.15) is 6.54 Å². The molecule has 0 aliphatic carbocycles. The van der Waals surface area contributed by atoms with Crippen molar-refractivity contribution in [1.82, 2.24) is 20.4 Å². The van der Waals surface area contributed by atoms with Crippen molar-refractivity contribution in [2.75, 3.05) is 19.6 Å². The molecule has 1 fully saturated rings. The number of rotatable bonds is 4. The van der Waals surface area contributed by atoms with Crippen molar-refractivity contribution >= 4 is 5.96 Å². The van der Waals surface area contributed by atoms with Crippen LogP contribution in [0.2, 0.25) is 0 Å². The van der Waals surface area contributed by atoms with E-state index in [4.69, 9.17) is 4.52 Å². The Kier molecular flexibility index (Phi) is 5.68. The zero-order valence-electron chi connectivity index (χ0n) is 15.3. The van der Waals surface area contributed by atoms with Gasteiger partial charge in [0.15, 0.2) is 11.8 Å². The van der Waals surface area contributed by atoms with Gasteiger partial charge in [0, 0.05) is 19.6 Å². The molecule has 0 bridgehead atoms. The average molecular weight is 341 g/mol. The van der Waals surface area contributed by atoms with E-state index < -0.39 is 0 Å². The molecule has 1 saturated heterocycles. The number of likely N-dealkylation sites (tertiary alicyclic amines) is 1. The summed E-state index contributed by atoms with van der Waals surface area (Å²) in [7, 11) is 0. The molecule has 0 amide bonds. The van der Waals surface area contributed by atoms with E-state index in [0.717, 1.165) is 32.0 Å². The quantitative estimate of drug-likeness (QED) is 0.684. The predicted octanol–water partition coefficient (Wildman–Crippen LogP) is 2.97. The molecule has 6 heteroatoms. The van der Waals surface area contributed by atoms with E-state index in [9.17, 15) is 0 Å². The van der Waals surface area contributed by atoms with Crippen LogP contribution in [0.25, 0.3) is 0 Å². The molecule has 25 heavy (non-hydrogen) atoms. The minimum Gasteiger partial charge on any atom is -0.357 e. The van der Waals surface area contributed by atoms with E-state index in [2.05, 4.69) is 69.5 Å². The third-order valence-electron chi connectivity index (χ3n) is 4.70. The van der Waals surface area contributed by atoms with E-state index in [1.165, 1.54) is 5.56 Å². The van der Waals surface area contributed by atoms with Gasteiger partial charge in [-0.1, -0.05) is 42.4 Å². The Morgan fingerprint density at radius 1 is 1.36 bits per heavy atom. The van der Waals surface area contributed by atoms with Crippen LogP contribution in [0.15, 0.2) is 39.8 Å². The molecule has 1 aliphatic heterocycles. The topological polar surface area (TPSA) is 66.5 Å². The molecule has 2 atom stereocenters. The monoisotopic (exact) mass is 341 g/mol. The predicted molar refractivity (Wildman–Crippen MR) is 98.4 cm³/mol. The number of hydrogen-bond donors (Lipinski definition) is 1. The maximum Gasteiger partial charge on any atom is 0.248 e. The van der Waals surface area contributed by atoms with Gasteiger partial charge in [-0.2, -0.15) is 4.98 Å². The molecule has 134 valence electrons. The van der Waals surface area contributed by atoms with Crippen LogP contribution >= 0.6 is 0 Å². The molecule has 1 aromatic heterocycles. The van der Waals surface area contributed by atoms with Crippen LogP contribution in [0, 0.1) is 12.8 Å². The van der Waals surface area contributed by atoms with E-state index in [-0.39, 0.29) is 0 Å². The number of aryl methyl sites for hydroxylation is 1. The number of guanidine groups is 1. The van der Waals surface area contributed by atoms with Crippen LogP contribution in [-0.2, 0) is 6.54 Å². The Bertz CT molecular complexity index is 697. The van der Waals surface area contributed by atoms with Crippen LogP contribution < -0.4 is 5.32 Å². The van der Waals surface area contributed by atoms with Gasteiger partial charge in [-0.15, -0.1) is 0 Å². The van der Waals surface area contributed by atoms with Crippen LogP contribution in [0.3, 0.4) is 0 Å². The summed E-state index contributed by atoms with van der Waals surface area (Å²) in [5.41, 5.74) is 1.44. The SMILES string of the molecule is CCNC(=NCc1nc(C)no1)N1CCC(c2ccccc2)C(C)C1. The highest BCUT2D eigenvalue weighted by Gasteiger charge is 2.28. The first-order valence-corrected chi connectivity index (χ1v) is 9.04. The largest absolute Gasteiger partial charge is 0.357 e. The molecule has 1 N–H and O–H groups in total.